The van der Waals surface area contributed by atoms with Gasteiger partial charge in [0.15, 0.2) is 0 Å². The molecule has 0 spiro atoms. The molecule has 0 aliphatic heterocycles. The molecule has 7 nitrogen and oxygen atoms in total. The summed E-state index contributed by atoms with van der Waals surface area (Å²) >= 11 is 0. The van der Waals surface area contributed by atoms with Crippen molar-refractivity contribution in [3.63, 3.8) is 0 Å². The maximum absolute atomic E-state index is 12.8. The van der Waals surface area contributed by atoms with Crippen LogP contribution in [-0.2, 0) is 10.0 Å². The van der Waals surface area contributed by atoms with Gasteiger partial charge in [0.05, 0.1) is 24.7 Å². The van der Waals surface area contributed by atoms with Crippen LogP contribution in [-0.4, -0.2) is 39.8 Å². The first-order chi connectivity index (χ1) is 14.2. The van der Waals surface area contributed by atoms with Gasteiger partial charge in [0, 0.05) is 18.2 Å². The highest BCUT2D eigenvalue weighted by molar-refractivity contribution is 7.92. The lowest BCUT2D eigenvalue weighted by molar-refractivity contribution is 0.102. The quantitative estimate of drug-likeness (QED) is 0.626. The minimum absolute atomic E-state index is 0.0779. The van der Waals surface area contributed by atoms with Crippen molar-refractivity contribution < 1.29 is 23.1 Å². The summed E-state index contributed by atoms with van der Waals surface area (Å²) in [6.07, 6.45) is 1.08. The van der Waals surface area contributed by atoms with Crippen molar-refractivity contribution in [3.05, 3.63) is 72.3 Å². The normalized spacial score (nSPS) is 11.0. The van der Waals surface area contributed by atoms with E-state index in [1.165, 1.54) is 14.2 Å². The van der Waals surface area contributed by atoms with Gasteiger partial charge in [0.25, 0.3) is 5.91 Å². The zero-order valence-electron chi connectivity index (χ0n) is 16.8. The Hall–Kier alpha value is -3.52. The molecule has 0 bridgehead atoms. The number of methoxy groups -OCH3 is 1. The molecule has 156 valence electrons. The van der Waals surface area contributed by atoms with Crippen molar-refractivity contribution in [3.8, 4) is 22.6 Å². The highest BCUT2D eigenvalue weighted by Gasteiger charge is 2.19. The average molecular weight is 426 g/mol. The number of carbonyl (C=O) groups excluding carboxylic acids is 1. The first kappa shape index (κ1) is 21.2. The van der Waals surface area contributed by atoms with E-state index in [2.05, 4.69) is 5.32 Å². The topological polar surface area (TPSA) is 95.9 Å². The predicted molar refractivity (Wildman–Crippen MR) is 118 cm³/mol. The van der Waals surface area contributed by atoms with Gasteiger partial charge in [0.1, 0.15) is 11.5 Å². The monoisotopic (exact) mass is 426 g/mol. The van der Waals surface area contributed by atoms with Crippen LogP contribution in [0.25, 0.3) is 11.1 Å². The Bertz CT molecular complexity index is 1170. The molecular weight excluding hydrogens is 404 g/mol. The van der Waals surface area contributed by atoms with Crippen LogP contribution < -0.4 is 14.4 Å². The highest BCUT2D eigenvalue weighted by atomic mass is 32.2. The number of sulfonamides is 1. The number of para-hydroxylation sites is 1. The number of hydrogen-bond acceptors (Lipinski definition) is 5. The number of nitrogens with one attached hydrogen (secondary N) is 1. The molecule has 3 aromatic carbocycles. The number of hydrogen-bond donors (Lipinski definition) is 2. The summed E-state index contributed by atoms with van der Waals surface area (Å²) in [5, 5.41) is 12.9. The van der Waals surface area contributed by atoms with Crippen LogP contribution >= 0.6 is 0 Å². The van der Waals surface area contributed by atoms with Crippen molar-refractivity contribution >= 4 is 27.3 Å². The molecule has 3 rings (SSSR count). The van der Waals surface area contributed by atoms with E-state index in [9.17, 15) is 18.3 Å². The molecule has 0 unspecified atom stereocenters. The molecular formula is C22H22N2O5S. The minimum atomic E-state index is -3.56. The third kappa shape index (κ3) is 4.55. The molecule has 3 aromatic rings. The molecule has 0 heterocycles. The fourth-order valence-electron chi connectivity index (χ4n) is 2.91. The van der Waals surface area contributed by atoms with Crippen LogP contribution in [0.2, 0.25) is 0 Å². The Morgan fingerprint density at radius 1 is 1.03 bits per heavy atom. The summed E-state index contributed by atoms with van der Waals surface area (Å²) in [6.45, 7) is 0. The smallest absolute Gasteiger partial charge is 0.255 e. The van der Waals surface area contributed by atoms with Gasteiger partial charge < -0.3 is 15.2 Å². The van der Waals surface area contributed by atoms with Crippen molar-refractivity contribution in [1.82, 2.24) is 0 Å². The third-order valence-electron chi connectivity index (χ3n) is 4.65. The van der Waals surface area contributed by atoms with Gasteiger partial charge in [0.2, 0.25) is 10.0 Å². The van der Waals surface area contributed by atoms with Gasteiger partial charge in [-0.25, -0.2) is 8.42 Å². The Kier molecular flexibility index (Phi) is 5.98. The molecule has 0 saturated carbocycles. The first-order valence-corrected chi connectivity index (χ1v) is 10.9. The molecule has 0 saturated heterocycles. The number of anilines is 2. The molecule has 2 N–H and O–H groups in total. The lowest BCUT2D eigenvalue weighted by Gasteiger charge is -2.21. The zero-order valence-corrected chi connectivity index (χ0v) is 17.6. The number of carbonyl (C=O) groups is 1. The second kappa shape index (κ2) is 8.46. The van der Waals surface area contributed by atoms with E-state index < -0.39 is 15.9 Å². The van der Waals surface area contributed by atoms with Gasteiger partial charge in [-0.05, 0) is 48.0 Å². The van der Waals surface area contributed by atoms with E-state index in [0.29, 0.717) is 33.8 Å². The molecule has 8 heteroatoms. The Morgan fingerprint density at radius 2 is 1.70 bits per heavy atom. The van der Waals surface area contributed by atoms with Crippen LogP contribution in [0.4, 0.5) is 11.4 Å². The number of phenolic OH excluding ortho intramolecular Hbond substituents is 1. The van der Waals surface area contributed by atoms with E-state index in [-0.39, 0.29) is 5.75 Å². The summed E-state index contributed by atoms with van der Waals surface area (Å²) in [6, 6.07) is 18.2. The number of ether oxygens (including phenoxy) is 1. The van der Waals surface area contributed by atoms with Gasteiger partial charge in [-0.2, -0.15) is 0 Å². The van der Waals surface area contributed by atoms with E-state index >= 15 is 0 Å². The second-order valence-electron chi connectivity index (χ2n) is 6.66. The van der Waals surface area contributed by atoms with Crippen molar-refractivity contribution in [2.24, 2.45) is 0 Å². The highest BCUT2D eigenvalue weighted by Crippen LogP contribution is 2.35. The van der Waals surface area contributed by atoms with Gasteiger partial charge in [-0.3, -0.25) is 9.10 Å². The number of benzene rings is 3. The summed E-state index contributed by atoms with van der Waals surface area (Å²) < 4.78 is 30.3. The lowest BCUT2D eigenvalue weighted by atomic mass is 10.0. The van der Waals surface area contributed by atoms with Crippen LogP contribution in [0.5, 0.6) is 11.5 Å². The third-order valence-corrected chi connectivity index (χ3v) is 5.84. The van der Waals surface area contributed by atoms with Gasteiger partial charge >= 0.3 is 0 Å². The predicted octanol–water partition coefficient (Wildman–Crippen LogP) is 3.72. The van der Waals surface area contributed by atoms with E-state index in [0.717, 1.165) is 10.6 Å². The number of amides is 1. The molecule has 0 aliphatic carbocycles. The standard InChI is InChI=1S/C22H22N2O5S/c1-24(30(3,27)28)20-13-10-16(18-6-4-5-7-21(18)25)14-19(20)23-22(26)15-8-11-17(29-2)12-9-15/h4-14,25H,1-3H3,(H,23,26). The van der Waals surface area contributed by atoms with Crippen molar-refractivity contribution in [1.29, 1.82) is 0 Å². The molecule has 30 heavy (non-hydrogen) atoms. The number of rotatable bonds is 6. The Morgan fingerprint density at radius 3 is 2.30 bits per heavy atom. The molecule has 0 fully saturated rings. The zero-order chi connectivity index (χ0) is 21.9. The molecule has 0 radical (unpaired) electrons. The molecule has 1 amide bonds. The summed E-state index contributed by atoms with van der Waals surface area (Å²) in [4.78, 5) is 12.8. The number of aromatic hydroxyl groups is 1. The van der Waals surface area contributed by atoms with Crippen LogP contribution in [0, 0.1) is 0 Å². The Balaban J connectivity index is 2.04. The van der Waals surface area contributed by atoms with E-state index in [1.807, 2.05) is 0 Å². The largest absolute Gasteiger partial charge is 0.507 e. The first-order valence-electron chi connectivity index (χ1n) is 9.02. The Labute approximate surface area is 175 Å². The summed E-state index contributed by atoms with van der Waals surface area (Å²) in [7, 11) is -0.613. The van der Waals surface area contributed by atoms with E-state index in [1.54, 1.807) is 66.7 Å². The number of nitrogens with zero attached hydrogens (tertiary/aromatic N) is 1. The molecule has 0 aromatic heterocycles. The molecule has 0 aliphatic rings. The maximum Gasteiger partial charge on any atom is 0.255 e. The number of phenols is 1. The average Bonchev–Trinajstić information content (AvgIpc) is 2.73. The maximum atomic E-state index is 12.8. The van der Waals surface area contributed by atoms with Gasteiger partial charge in [-0.15, -0.1) is 0 Å². The second-order valence-corrected chi connectivity index (χ2v) is 8.68. The van der Waals surface area contributed by atoms with E-state index in [4.69, 9.17) is 4.74 Å². The fourth-order valence-corrected chi connectivity index (χ4v) is 3.43. The molecule has 0 atom stereocenters. The van der Waals surface area contributed by atoms with Gasteiger partial charge in [-0.1, -0.05) is 24.3 Å². The SMILES string of the molecule is COc1ccc(C(=O)Nc2cc(-c3ccccc3O)ccc2N(C)S(C)(=O)=O)cc1. The van der Waals surface area contributed by atoms with Crippen molar-refractivity contribution in [2.45, 2.75) is 0 Å². The summed E-state index contributed by atoms with van der Waals surface area (Å²) in [5.74, 6) is 0.287. The van der Waals surface area contributed by atoms with Crippen LogP contribution in [0.3, 0.4) is 0 Å². The van der Waals surface area contributed by atoms with Crippen LogP contribution in [0.1, 0.15) is 10.4 Å². The van der Waals surface area contributed by atoms with Crippen molar-refractivity contribution in [2.75, 3.05) is 30.0 Å². The van der Waals surface area contributed by atoms with Crippen LogP contribution in [0.15, 0.2) is 66.7 Å². The fraction of sp³-hybridized carbons (Fsp3) is 0.136. The lowest BCUT2D eigenvalue weighted by Crippen LogP contribution is -2.26. The minimum Gasteiger partial charge on any atom is -0.507 e. The summed E-state index contributed by atoms with van der Waals surface area (Å²) in [5.41, 5.74) is 2.18.